The molecule has 7 heteroatoms. The number of hydrogen-bond acceptors (Lipinski definition) is 5. The van der Waals surface area contributed by atoms with Crippen LogP contribution in [-0.4, -0.2) is 33.4 Å². The minimum Gasteiger partial charge on any atom is -0.398 e. The molecule has 0 spiro atoms. The van der Waals surface area contributed by atoms with Gasteiger partial charge in [-0.25, -0.2) is 9.07 Å². The lowest BCUT2D eigenvalue weighted by Crippen LogP contribution is -2.15. The molecule has 0 amide bonds. The molecule has 0 bridgehead atoms. The number of nitrogens with two attached hydrogens (primary N) is 1. The molecular formula is C13H18FN5O. The highest BCUT2D eigenvalue weighted by molar-refractivity contribution is 5.64. The lowest BCUT2D eigenvalue weighted by Gasteiger charge is -2.13. The van der Waals surface area contributed by atoms with Gasteiger partial charge in [-0.15, -0.1) is 5.10 Å². The van der Waals surface area contributed by atoms with E-state index in [1.54, 1.807) is 17.7 Å². The first-order chi connectivity index (χ1) is 9.54. The molecule has 1 aromatic heterocycles. The van der Waals surface area contributed by atoms with Crippen LogP contribution in [0.25, 0.3) is 11.4 Å². The summed E-state index contributed by atoms with van der Waals surface area (Å²) in [7, 11) is 0. The third-order valence-corrected chi connectivity index (χ3v) is 3.12. The molecule has 0 saturated heterocycles. The number of nitrogens with zero attached hydrogens (tertiary/aromatic N) is 4. The Kier molecular flexibility index (Phi) is 4.29. The molecule has 1 heterocycles. The van der Waals surface area contributed by atoms with Gasteiger partial charge in [0.05, 0.1) is 12.6 Å². The maximum atomic E-state index is 13.8. The molecule has 1 atom stereocenters. The summed E-state index contributed by atoms with van der Waals surface area (Å²) in [5.74, 6) is 0.106. The topological polar surface area (TPSA) is 78.8 Å². The minimum atomic E-state index is -0.369. The number of rotatable bonds is 5. The van der Waals surface area contributed by atoms with Crippen LogP contribution in [0, 0.1) is 12.7 Å². The van der Waals surface area contributed by atoms with E-state index in [2.05, 4.69) is 15.5 Å². The SMILES string of the molecule is CCOCC(C)n1nnnc1-c1cc(N)c(C)c(F)c1. The number of hydrogen-bond donors (Lipinski definition) is 1. The molecule has 0 aliphatic carbocycles. The number of halogens is 1. The summed E-state index contributed by atoms with van der Waals surface area (Å²) >= 11 is 0. The molecule has 0 fully saturated rings. The fourth-order valence-corrected chi connectivity index (χ4v) is 1.87. The van der Waals surface area contributed by atoms with Crippen LogP contribution < -0.4 is 5.73 Å². The van der Waals surface area contributed by atoms with Gasteiger partial charge in [-0.3, -0.25) is 0 Å². The van der Waals surface area contributed by atoms with Crippen LogP contribution >= 0.6 is 0 Å². The van der Waals surface area contributed by atoms with Crippen molar-refractivity contribution in [3.8, 4) is 11.4 Å². The highest BCUT2D eigenvalue weighted by atomic mass is 19.1. The third-order valence-electron chi connectivity index (χ3n) is 3.12. The zero-order valence-corrected chi connectivity index (χ0v) is 11.8. The molecule has 20 heavy (non-hydrogen) atoms. The molecule has 0 radical (unpaired) electrons. The quantitative estimate of drug-likeness (QED) is 0.846. The Morgan fingerprint density at radius 1 is 1.45 bits per heavy atom. The van der Waals surface area contributed by atoms with Crippen LogP contribution in [-0.2, 0) is 4.74 Å². The lowest BCUT2D eigenvalue weighted by molar-refractivity contribution is 0.115. The largest absolute Gasteiger partial charge is 0.398 e. The van der Waals surface area contributed by atoms with Gasteiger partial charge in [-0.1, -0.05) is 0 Å². The van der Waals surface area contributed by atoms with Gasteiger partial charge in [0, 0.05) is 23.4 Å². The Morgan fingerprint density at radius 2 is 2.20 bits per heavy atom. The van der Waals surface area contributed by atoms with Crippen molar-refractivity contribution in [2.75, 3.05) is 18.9 Å². The van der Waals surface area contributed by atoms with Crippen molar-refractivity contribution in [1.82, 2.24) is 20.2 Å². The molecule has 6 nitrogen and oxygen atoms in total. The average Bonchev–Trinajstić information content (AvgIpc) is 2.91. The summed E-state index contributed by atoms with van der Waals surface area (Å²) in [6.45, 7) is 6.59. The van der Waals surface area contributed by atoms with E-state index in [0.717, 1.165) is 0 Å². The summed E-state index contributed by atoms with van der Waals surface area (Å²) < 4.78 is 20.8. The maximum Gasteiger partial charge on any atom is 0.182 e. The molecule has 1 aromatic carbocycles. The van der Waals surface area contributed by atoms with E-state index in [1.807, 2.05) is 13.8 Å². The maximum absolute atomic E-state index is 13.8. The van der Waals surface area contributed by atoms with Crippen LogP contribution in [0.5, 0.6) is 0 Å². The van der Waals surface area contributed by atoms with Crippen molar-refractivity contribution >= 4 is 5.69 Å². The first-order valence-corrected chi connectivity index (χ1v) is 6.46. The Hall–Kier alpha value is -2.02. The third kappa shape index (κ3) is 2.77. The van der Waals surface area contributed by atoms with Crippen LogP contribution in [0.4, 0.5) is 10.1 Å². The molecule has 108 valence electrons. The highest BCUT2D eigenvalue weighted by Gasteiger charge is 2.16. The zero-order valence-electron chi connectivity index (χ0n) is 11.8. The second-order valence-corrected chi connectivity index (χ2v) is 4.63. The van der Waals surface area contributed by atoms with Gasteiger partial charge in [0.1, 0.15) is 5.82 Å². The Bertz CT molecular complexity index is 575. The summed E-state index contributed by atoms with van der Waals surface area (Å²) in [4.78, 5) is 0. The monoisotopic (exact) mass is 279 g/mol. The molecule has 2 aromatic rings. The number of anilines is 1. The standard InChI is InChI=1S/C13H18FN5O/c1-4-20-7-8(2)19-13(16-17-18-19)10-5-11(14)9(3)12(15)6-10/h5-6,8H,4,7,15H2,1-3H3. The second kappa shape index (κ2) is 5.96. The number of tetrazole rings is 1. The van der Waals surface area contributed by atoms with Gasteiger partial charge in [-0.05, 0) is 43.3 Å². The van der Waals surface area contributed by atoms with Gasteiger partial charge < -0.3 is 10.5 Å². The van der Waals surface area contributed by atoms with Crippen molar-refractivity contribution in [2.24, 2.45) is 0 Å². The van der Waals surface area contributed by atoms with Crippen LogP contribution in [0.15, 0.2) is 12.1 Å². The van der Waals surface area contributed by atoms with E-state index in [0.29, 0.717) is 35.9 Å². The Labute approximate surface area is 116 Å². The first-order valence-electron chi connectivity index (χ1n) is 6.46. The van der Waals surface area contributed by atoms with Gasteiger partial charge >= 0.3 is 0 Å². The fraction of sp³-hybridized carbons (Fsp3) is 0.462. The van der Waals surface area contributed by atoms with Crippen LogP contribution in [0.1, 0.15) is 25.5 Å². The predicted octanol–water partition coefficient (Wildman–Crippen LogP) is 1.97. The smallest absolute Gasteiger partial charge is 0.182 e. The molecule has 0 aliphatic heterocycles. The van der Waals surface area contributed by atoms with E-state index < -0.39 is 0 Å². The van der Waals surface area contributed by atoms with E-state index in [4.69, 9.17) is 10.5 Å². The molecule has 1 unspecified atom stereocenters. The first kappa shape index (κ1) is 14.4. The summed E-state index contributed by atoms with van der Waals surface area (Å²) in [5.41, 5.74) is 7.15. The van der Waals surface area contributed by atoms with Crippen molar-refractivity contribution in [2.45, 2.75) is 26.8 Å². The zero-order chi connectivity index (χ0) is 14.7. The van der Waals surface area contributed by atoms with Crippen molar-refractivity contribution in [3.05, 3.63) is 23.5 Å². The van der Waals surface area contributed by atoms with Gasteiger partial charge in [-0.2, -0.15) is 0 Å². The van der Waals surface area contributed by atoms with E-state index in [-0.39, 0.29) is 11.9 Å². The second-order valence-electron chi connectivity index (χ2n) is 4.63. The molecule has 0 aliphatic rings. The average molecular weight is 279 g/mol. The summed E-state index contributed by atoms with van der Waals surface area (Å²) in [6, 6.07) is 3.01. The molecule has 2 rings (SSSR count). The van der Waals surface area contributed by atoms with E-state index in [9.17, 15) is 4.39 Å². The van der Waals surface area contributed by atoms with Crippen molar-refractivity contribution in [3.63, 3.8) is 0 Å². The van der Waals surface area contributed by atoms with Crippen LogP contribution in [0.3, 0.4) is 0 Å². The van der Waals surface area contributed by atoms with Gasteiger partial charge in [0.25, 0.3) is 0 Å². The predicted molar refractivity (Wildman–Crippen MR) is 73.6 cm³/mol. The Morgan fingerprint density at radius 3 is 2.85 bits per heavy atom. The number of ether oxygens (including phenoxy) is 1. The fourth-order valence-electron chi connectivity index (χ4n) is 1.87. The number of benzene rings is 1. The van der Waals surface area contributed by atoms with Gasteiger partial charge in [0.2, 0.25) is 0 Å². The number of aromatic nitrogens is 4. The van der Waals surface area contributed by atoms with Crippen molar-refractivity contribution < 1.29 is 9.13 Å². The van der Waals surface area contributed by atoms with E-state index in [1.165, 1.54) is 6.07 Å². The van der Waals surface area contributed by atoms with E-state index >= 15 is 0 Å². The lowest BCUT2D eigenvalue weighted by atomic mass is 10.1. The summed E-state index contributed by atoms with van der Waals surface area (Å²) in [5, 5.41) is 11.5. The molecular weight excluding hydrogens is 261 g/mol. The van der Waals surface area contributed by atoms with Gasteiger partial charge in [0.15, 0.2) is 5.82 Å². The normalized spacial score (nSPS) is 12.6. The highest BCUT2D eigenvalue weighted by Crippen LogP contribution is 2.25. The Balaban J connectivity index is 2.37. The minimum absolute atomic E-state index is 0.0504. The van der Waals surface area contributed by atoms with Crippen molar-refractivity contribution in [1.29, 1.82) is 0 Å². The summed E-state index contributed by atoms with van der Waals surface area (Å²) in [6.07, 6.45) is 0. The number of nitrogen functional groups attached to an aromatic ring is 1. The van der Waals surface area contributed by atoms with Crippen LogP contribution in [0.2, 0.25) is 0 Å². The molecule has 2 N–H and O–H groups in total. The molecule has 0 saturated carbocycles.